The van der Waals surface area contributed by atoms with Crippen LogP contribution in [0.3, 0.4) is 0 Å². The predicted molar refractivity (Wildman–Crippen MR) is 76.8 cm³/mol. The number of carboxylic acids is 1. The number of hydrogen-bond donors (Lipinski definition) is 2. The summed E-state index contributed by atoms with van der Waals surface area (Å²) in [6.07, 6.45) is 2.77. The first-order chi connectivity index (χ1) is 9.97. The highest BCUT2D eigenvalue weighted by Crippen LogP contribution is 2.28. The van der Waals surface area contributed by atoms with E-state index in [9.17, 15) is 14.0 Å². The lowest BCUT2D eigenvalue weighted by molar-refractivity contribution is -0.143. The number of carbonyl (C=O) groups excluding carboxylic acids is 1. The molecule has 0 saturated heterocycles. The Hall–Kier alpha value is -1.62. The first kappa shape index (κ1) is 15.8. The zero-order valence-corrected chi connectivity index (χ0v) is 12.2. The van der Waals surface area contributed by atoms with E-state index >= 15 is 0 Å². The minimum Gasteiger partial charge on any atom is -0.481 e. The predicted octanol–water partition coefficient (Wildman–Crippen LogP) is 3.10. The van der Waals surface area contributed by atoms with E-state index in [-0.39, 0.29) is 17.4 Å². The Labute approximate surface area is 127 Å². The smallest absolute Gasteiger partial charge is 0.306 e. The summed E-state index contributed by atoms with van der Waals surface area (Å²) in [5, 5.41) is 11.9. The number of benzene rings is 1. The van der Waals surface area contributed by atoms with Crippen LogP contribution in [0.25, 0.3) is 0 Å². The summed E-state index contributed by atoms with van der Waals surface area (Å²) in [6.45, 7) is 0.428. The zero-order chi connectivity index (χ0) is 15.4. The number of aliphatic carboxylic acids is 1. The monoisotopic (exact) mass is 313 g/mol. The maximum Gasteiger partial charge on any atom is 0.306 e. The molecule has 2 rings (SSSR count). The van der Waals surface area contributed by atoms with E-state index < -0.39 is 17.7 Å². The molecule has 0 spiro atoms. The summed E-state index contributed by atoms with van der Waals surface area (Å²) in [7, 11) is 0. The highest BCUT2D eigenvalue weighted by atomic mass is 35.5. The van der Waals surface area contributed by atoms with Gasteiger partial charge in [-0.15, -0.1) is 0 Å². The average molecular weight is 314 g/mol. The Balaban J connectivity index is 1.85. The molecule has 6 heteroatoms. The number of rotatable bonds is 4. The number of hydrogen-bond acceptors (Lipinski definition) is 2. The summed E-state index contributed by atoms with van der Waals surface area (Å²) >= 11 is 5.75. The average Bonchev–Trinajstić information content (AvgIpc) is 2.47. The van der Waals surface area contributed by atoms with E-state index in [0.29, 0.717) is 24.4 Å². The van der Waals surface area contributed by atoms with Crippen LogP contribution in [-0.4, -0.2) is 23.5 Å². The lowest BCUT2D eigenvalue weighted by Crippen LogP contribution is -2.32. The van der Waals surface area contributed by atoms with Crippen molar-refractivity contribution in [3.63, 3.8) is 0 Å². The van der Waals surface area contributed by atoms with Crippen molar-refractivity contribution in [2.45, 2.75) is 25.7 Å². The molecule has 1 amide bonds. The molecule has 1 fully saturated rings. The third kappa shape index (κ3) is 4.17. The zero-order valence-electron chi connectivity index (χ0n) is 11.4. The molecule has 0 aromatic heterocycles. The van der Waals surface area contributed by atoms with Crippen molar-refractivity contribution in [2.75, 3.05) is 6.54 Å². The Kier molecular flexibility index (Phi) is 5.17. The minimum atomic E-state index is -0.751. The van der Waals surface area contributed by atoms with E-state index in [2.05, 4.69) is 5.32 Å². The summed E-state index contributed by atoms with van der Waals surface area (Å²) in [5.74, 6) is -1.88. The van der Waals surface area contributed by atoms with E-state index in [4.69, 9.17) is 16.7 Å². The second-order valence-corrected chi connectivity index (χ2v) is 5.83. The molecule has 0 unspecified atom stereocenters. The van der Waals surface area contributed by atoms with Crippen LogP contribution < -0.4 is 5.32 Å². The Morgan fingerprint density at radius 1 is 1.29 bits per heavy atom. The molecule has 0 atom stereocenters. The van der Waals surface area contributed by atoms with Gasteiger partial charge < -0.3 is 10.4 Å². The van der Waals surface area contributed by atoms with Gasteiger partial charge in [-0.3, -0.25) is 9.59 Å². The Bertz CT molecular complexity index is 542. The first-order valence-electron chi connectivity index (χ1n) is 6.93. The van der Waals surface area contributed by atoms with Crippen molar-refractivity contribution in [1.82, 2.24) is 5.32 Å². The molecule has 0 bridgehead atoms. The second-order valence-electron chi connectivity index (χ2n) is 5.39. The number of carboxylic acid groups (broad SMARTS) is 1. The SMILES string of the molecule is O=C(NCC1CCC(C(=O)O)CC1)c1cc(Cl)ccc1F. The van der Waals surface area contributed by atoms with Gasteiger partial charge in [-0.2, -0.15) is 0 Å². The fraction of sp³-hybridized carbons (Fsp3) is 0.467. The minimum absolute atomic E-state index is 0.0679. The quantitative estimate of drug-likeness (QED) is 0.897. The molecule has 114 valence electrons. The number of nitrogens with one attached hydrogen (secondary N) is 1. The molecular weight excluding hydrogens is 297 g/mol. The molecule has 0 radical (unpaired) electrons. The molecule has 1 saturated carbocycles. The van der Waals surface area contributed by atoms with Crippen LogP contribution in [0.15, 0.2) is 18.2 Å². The topological polar surface area (TPSA) is 66.4 Å². The third-order valence-electron chi connectivity index (χ3n) is 3.92. The molecule has 1 aliphatic rings. The van der Waals surface area contributed by atoms with Crippen LogP contribution in [0.4, 0.5) is 4.39 Å². The highest BCUT2D eigenvalue weighted by Gasteiger charge is 2.26. The molecule has 1 aromatic carbocycles. The fourth-order valence-electron chi connectivity index (χ4n) is 2.62. The van der Waals surface area contributed by atoms with Gasteiger partial charge >= 0.3 is 5.97 Å². The summed E-state index contributed by atoms with van der Waals surface area (Å²) in [4.78, 5) is 22.8. The van der Waals surface area contributed by atoms with E-state index in [0.717, 1.165) is 18.9 Å². The van der Waals surface area contributed by atoms with Crippen LogP contribution in [0, 0.1) is 17.7 Å². The molecule has 21 heavy (non-hydrogen) atoms. The number of halogens is 2. The van der Waals surface area contributed by atoms with Crippen molar-refractivity contribution >= 4 is 23.5 Å². The van der Waals surface area contributed by atoms with Crippen molar-refractivity contribution in [1.29, 1.82) is 0 Å². The summed E-state index contributed by atoms with van der Waals surface area (Å²) in [5.41, 5.74) is -0.0679. The number of amides is 1. The first-order valence-corrected chi connectivity index (χ1v) is 7.31. The maximum atomic E-state index is 13.5. The largest absolute Gasteiger partial charge is 0.481 e. The van der Waals surface area contributed by atoms with Crippen LogP contribution in [0.2, 0.25) is 5.02 Å². The summed E-state index contributed by atoms with van der Waals surface area (Å²) in [6, 6.07) is 3.85. The summed E-state index contributed by atoms with van der Waals surface area (Å²) < 4.78 is 13.5. The lowest BCUT2D eigenvalue weighted by atomic mass is 9.82. The van der Waals surface area contributed by atoms with Gasteiger partial charge in [0.15, 0.2) is 0 Å². The normalized spacial score (nSPS) is 21.8. The van der Waals surface area contributed by atoms with Gasteiger partial charge in [0.25, 0.3) is 5.91 Å². The van der Waals surface area contributed by atoms with Gasteiger partial charge in [-0.1, -0.05) is 11.6 Å². The van der Waals surface area contributed by atoms with Crippen molar-refractivity contribution in [3.8, 4) is 0 Å². The Morgan fingerprint density at radius 2 is 1.95 bits per heavy atom. The third-order valence-corrected chi connectivity index (χ3v) is 4.16. The van der Waals surface area contributed by atoms with E-state index in [1.54, 1.807) is 0 Å². The van der Waals surface area contributed by atoms with E-state index in [1.165, 1.54) is 12.1 Å². The molecule has 2 N–H and O–H groups in total. The highest BCUT2D eigenvalue weighted by molar-refractivity contribution is 6.31. The van der Waals surface area contributed by atoms with Gasteiger partial charge in [-0.05, 0) is 49.8 Å². The van der Waals surface area contributed by atoms with Crippen molar-refractivity contribution in [3.05, 3.63) is 34.6 Å². The van der Waals surface area contributed by atoms with Crippen LogP contribution in [0.1, 0.15) is 36.0 Å². The molecular formula is C15H17ClFNO3. The number of carbonyl (C=O) groups is 2. The fourth-order valence-corrected chi connectivity index (χ4v) is 2.79. The van der Waals surface area contributed by atoms with Gasteiger partial charge in [-0.25, -0.2) is 4.39 Å². The van der Waals surface area contributed by atoms with Crippen LogP contribution in [-0.2, 0) is 4.79 Å². The molecule has 4 nitrogen and oxygen atoms in total. The molecule has 0 heterocycles. The van der Waals surface area contributed by atoms with Crippen molar-refractivity contribution in [2.24, 2.45) is 11.8 Å². The Morgan fingerprint density at radius 3 is 2.57 bits per heavy atom. The maximum absolute atomic E-state index is 13.5. The van der Waals surface area contributed by atoms with Gasteiger partial charge in [0.2, 0.25) is 0 Å². The second kappa shape index (κ2) is 6.89. The lowest BCUT2D eigenvalue weighted by Gasteiger charge is -2.26. The molecule has 1 aliphatic carbocycles. The molecule has 1 aromatic rings. The van der Waals surface area contributed by atoms with Crippen molar-refractivity contribution < 1.29 is 19.1 Å². The van der Waals surface area contributed by atoms with E-state index in [1.807, 2.05) is 0 Å². The molecule has 0 aliphatic heterocycles. The van der Waals surface area contributed by atoms with Gasteiger partial charge in [0.1, 0.15) is 5.82 Å². The van der Waals surface area contributed by atoms with Crippen LogP contribution >= 0.6 is 11.6 Å². The standard InChI is InChI=1S/C15H17ClFNO3/c16-11-5-6-13(17)12(7-11)14(19)18-8-9-1-3-10(4-2-9)15(20)21/h5-7,9-10H,1-4,8H2,(H,18,19)(H,20,21). The van der Waals surface area contributed by atoms with Gasteiger partial charge in [0.05, 0.1) is 11.5 Å². The van der Waals surface area contributed by atoms with Gasteiger partial charge in [0, 0.05) is 11.6 Å². The van der Waals surface area contributed by atoms with Crippen LogP contribution in [0.5, 0.6) is 0 Å².